The Kier molecular flexibility index (Phi) is 11.0. The highest BCUT2D eigenvalue weighted by atomic mass is 15.1. The molecule has 0 atom stereocenters. The quantitative estimate of drug-likeness (QED) is 0.133. The van der Waals surface area contributed by atoms with E-state index in [4.69, 9.17) is 0 Å². The van der Waals surface area contributed by atoms with E-state index in [9.17, 15) is 0 Å². The molecule has 2 aliphatic carbocycles. The molecule has 0 radical (unpaired) electrons. The number of rotatable bonds is 10. The van der Waals surface area contributed by atoms with Crippen molar-refractivity contribution in [3.05, 3.63) is 372 Å². The Bertz CT molecular complexity index is 4650. The van der Waals surface area contributed by atoms with Crippen LogP contribution in [0.4, 0.5) is 17.1 Å². The first-order valence-corrected chi connectivity index (χ1v) is 28.5. The first kappa shape index (κ1) is 47.5. The van der Waals surface area contributed by atoms with E-state index < -0.39 is 10.8 Å². The van der Waals surface area contributed by atoms with Gasteiger partial charge in [-0.3, -0.25) is 0 Å². The van der Waals surface area contributed by atoms with Crippen molar-refractivity contribution >= 4 is 38.9 Å². The van der Waals surface area contributed by atoms with Crippen LogP contribution in [0, 0.1) is 0 Å². The van der Waals surface area contributed by atoms with Gasteiger partial charge in [-0.05, 0) is 139 Å². The molecule has 14 aromatic rings. The van der Waals surface area contributed by atoms with Crippen molar-refractivity contribution in [2.24, 2.45) is 0 Å². The van der Waals surface area contributed by atoms with E-state index in [0.29, 0.717) is 0 Å². The van der Waals surface area contributed by atoms with Crippen LogP contribution in [0.2, 0.25) is 0 Å². The summed E-state index contributed by atoms with van der Waals surface area (Å²) in [5.41, 5.74) is 25.7. The molecule has 0 aliphatic heterocycles. The van der Waals surface area contributed by atoms with Gasteiger partial charge in [0.15, 0.2) is 0 Å². The molecule has 2 aliphatic rings. The fourth-order valence-corrected chi connectivity index (χ4v) is 14.4. The number of benzene rings is 13. The summed E-state index contributed by atoms with van der Waals surface area (Å²) >= 11 is 0. The number of para-hydroxylation sites is 3. The maximum Gasteiger partial charge on any atom is 0.0714 e. The predicted molar refractivity (Wildman–Crippen MR) is 341 cm³/mol. The van der Waals surface area contributed by atoms with Crippen molar-refractivity contribution in [2.45, 2.75) is 10.8 Å². The van der Waals surface area contributed by atoms with Gasteiger partial charge in [-0.1, -0.05) is 267 Å². The predicted octanol–water partition coefficient (Wildman–Crippen LogP) is 20.3. The second-order valence-electron chi connectivity index (χ2n) is 21.8. The minimum atomic E-state index is -0.496. The van der Waals surface area contributed by atoms with Gasteiger partial charge in [0.1, 0.15) is 0 Å². The van der Waals surface area contributed by atoms with Gasteiger partial charge in [0, 0.05) is 33.3 Å². The lowest BCUT2D eigenvalue weighted by atomic mass is 9.68. The van der Waals surface area contributed by atoms with Crippen LogP contribution in [0.15, 0.2) is 328 Å². The third-order valence-electron chi connectivity index (χ3n) is 17.7. The van der Waals surface area contributed by atoms with E-state index in [-0.39, 0.29) is 0 Å². The average Bonchev–Trinajstić information content (AvgIpc) is 2.25. The molecule has 0 spiro atoms. The highest BCUT2D eigenvalue weighted by Crippen LogP contribution is 2.60. The van der Waals surface area contributed by atoms with Crippen molar-refractivity contribution in [2.75, 3.05) is 4.90 Å². The Morgan fingerprint density at radius 3 is 1.40 bits per heavy atom. The van der Waals surface area contributed by atoms with Gasteiger partial charge in [0.2, 0.25) is 0 Å². The molecule has 384 valence electrons. The fourth-order valence-electron chi connectivity index (χ4n) is 14.4. The van der Waals surface area contributed by atoms with Crippen molar-refractivity contribution in [3.63, 3.8) is 0 Å². The maximum absolute atomic E-state index is 2.52. The van der Waals surface area contributed by atoms with Crippen LogP contribution >= 0.6 is 0 Å². The van der Waals surface area contributed by atoms with Crippen molar-refractivity contribution in [3.8, 4) is 50.2 Å². The molecule has 16 rings (SSSR count). The topological polar surface area (TPSA) is 8.17 Å². The molecule has 2 heteroatoms. The van der Waals surface area contributed by atoms with Crippen LogP contribution in [0.1, 0.15) is 44.5 Å². The van der Waals surface area contributed by atoms with E-state index in [2.05, 4.69) is 337 Å². The summed E-state index contributed by atoms with van der Waals surface area (Å²) < 4.78 is 2.52. The summed E-state index contributed by atoms with van der Waals surface area (Å²) in [5.74, 6) is 0. The summed E-state index contributed by atoms with van der Waals surface area (Å²) in [5, 5.41) is 2.44. The Labute approximate surface area is 478 Å². The fraction of sp³-hybridized carbons (Fsp3) is 0.0250. The van der Waals surface area contributed by atoms with E-state index in [1.54, 1.807) is 0 Å². The average molecular weight is 1040 g/mol. The summed E-state index contributed by atoms with van der Waals surface area (Å²) in [6.45, 7) is 0. The summed E-state index contributed by atoms with van der Waals surface area (Å²) in [7, 11) is 0. The van der Waals surface area contributed by atoms with E-state index >= 15 is 0 Å². The van der Waals surface area contributed by atoms with Gasteiger partial charge < -0.3 is 9.47 Å². The van der Waals surface area contributed by atoms with Crippen LogP contribution in [0.25, 0.3) is 72.0 Å². The highest BCUT2D eigenvalue weighted by molar-refractivity contribution is 6.11. The molecule has 1 aromatic heterocycles. The lowest BCUT2D eigenvalue weighted by Gasteiger charge is -2.34. The molecule has 1 heterocycles. The molecule has 2 nitrogen and oxygen atoms in total. The standard InChI is InChI=1S/C80H54N2/c1-6-28-58(29-7-1)79(59-30-8-2-9-31-59)70-42-20-16-39-65(70)68-54-63(49-50-72(68)79)81(62-36-14-5-15-37-62)74-45-22-18-38-64(74)57-27-24-26-55(52-57)56-48-51-76-69(53-56)66-40-19-23-46-75(66)82(76)77-47-25-44-73-78(77)67-41-17-21-43-71(67)80(73,60-32-10-3-11-33-60)61-34-12-4-13-35-61/h1-54H. The molecule has 0 saturated carbocycles. The molecule has 82 heavy (non-hydrogen) atoms. The Balaban J connectivity index is 0.830. The van der Waals surface area contributed by atoms with E-state index in [1.165, 1.54) is 99.8 Å². The van der Waals surface area contributed by atoms with E-state index in [1.807, 2.05) is 0 Å². The first-order chi connectivity index (χ1) is 40.7. The smallest absolute Gasteiger partial charge is 0.0714 e. The molecule has 0 saturated heterocycles. The summed E-state index contributed by atoms with van der Waals surface area (Å²) in [6, 6.07) is 121. The molecular weight excluding hydrogens is 989 g/mol. The Morgan fingerprint density at radius 2 is 0.732 bits per heavy atom. The SMILES string of the molecule is c1ccc(N(c2ccc3c(c2)-c2ccccc2C3(c2ccccc2)c2ccccc2)c2ccccc2-c2cccc(-c3ccc4c(c3)c3ccccc3n4-c3cccc4c3-c3ccccc3C4(c3ccccc3)c3ccccc3)c2)cc1. The minimum absolute atomic E-state index is 0.479. The monoisotopic (exact) mass is 1040 g/mol. The van der Waals surface area contributed by atoms with Gasteiger partial charge >= 0.3 is 0 Å². The Morgan fingerprint density at radius 1 is 0.256 bits per heavy atom. The molecule has 0 amide bonds. The second kappa shape index (κ2) is 19.1. The minimum Gasteiger partial charge on any atom is -0.310 e. The lowest BCUT2D eigenvalue weighted by Crippen LogP contribution is -2.28. The van der Waals surface area contributed by atoms with Crippen LogP contribution in [0.5, 0.6) is 0 Å². The van der Waals surface area contributed by atoms with E-state index in [0.717, 1.165) is 33.8 Å². The third kappa shape index (κ3) is 7.01. The van der Waals surface area contributed by atoms with Crippen LogP contribution in [0.3, 0.4) is 0 Å². The second-order valence-corrected chi connectivity index (χ2v) is 21.8. The van der Waals surface area contributed by atoms with Crippen LogP contribution in [-0.2, 0) is 10.8 Å². The van der Waals surface area contributed by atoms with Gasteiger partial charge in [-0.25, -0.2) is 0 Å². The first-order valence-electron chi connectivity index (χ1n) is 28.5. The normalized spacial score (nSPS) is 13.3. The highest BCUT2D eigenvalue weighted by Gasteiger charge is 2.48. The van der Waals surface area contributed by atoms with Gasteiger partial charge in [-0.15, -0.1) is 0 Å². The largest absolute Gasteiger partial charge is 0.310 e. The van der Waals surface area contributed by atoms with Crippen molar-refractivity contribution in [1.29, 1.82) is 0 Å². The summed E-state index contributed by atoms with van der Waals surface area (Å²) in [6.07, 6.45) is 0. The molecule has 0 N–H and O–H groups in total. The zero-order valence-electron chi connectivity index (χ0n) is 45.1. The zero-order valence-corrected chi connectivity index (χ0v) is 45.1. The number of nitrogens with zero attached hydrogens (tertiary/aromatic N) is 2. The van der Waals surface area contributed by atoms with Crippen molar-refractivity contribution < 1.29 is 0 Å². The molecular formula is C80H54N2. The molecule has 13 aromatic carbocycles. The zero-order chi connectivity index (χ0) is 54.2. The number of fused-ring (bicyclic) bond motifs is 9. The lowest BCUT2D eigenvalue weighted by molar-refractivity contribution is 0.768. The number of anilines is 3. The van der Waals surface area contributed by atoms with Gasteiger partial charge in [0.05, 0.1) is 33.2 Å². The summed E-state index contributed by atoms with van der Waals surface area (Å²) in [4.78, 5) is 2.44. The number of hydrogen-bond acceptors (Lipinski definition) is 1. The molecule has 0 bridgehead atoms. The maximum atomic E-state index is 2.52. The van der Waals surface area contributed by atoms with Gasteiger partial charge in [0.25, 0.3) is 0 Å². The van der Waals surface area contributed by atoms with Gasteiger partial charge in [-0.2, -0.15) is 0 Å². The molecule has 0 fully saturated rings. The molecule has 0 unspecified atom stereocenters. The third-order valence-corrected chi connectivity index (χ3v) is 17.7. The van der Waals surface area contributed by atoms with Crippen LogP contribution in [-0.4, -0.2) is 4.57 Å². The van der Waals surface area contributed by atoms with Crippen LogP contribution < -0.4 is 4.90 Å². The number of aromatic nitrogens is 1. The Hall–Kier alpha value is -10.5. The number of hydrogen-bond donors (Lipinski definition) is 0. The van der Waals surface area contributed by atoms with Crippen molar-refractivity contribution in [1.82, 2.24) is 4.57 Å².